The van der Waals surface area contributed by atoms with Gasteiger partial charge in [-0.25, -0.2) is 4.79 Å². The number of aliphatic carboxylic acids is 1. The molecule has 0 aromatic heterocycles. The molecule has 0 radical (unpaired) electrons. The smallest absolute Gasteiger partial charge is 0.330 e. The summed E-state index contributed by atoms with van der Waals surface area (Å²) in [5.74, 6) is -14.2. The van der Waals surface area contributed by atoms with Gasteiger partial charge in [0.15, 0.2) is 17.5 Å². The number of carboxylic acid groups (broad SMARTS) is 1. The van der Waals surface area contributed by atoms with Crippen molar-refractivity contribution in [1.29, 1.82) is 0 Å². The topological polar surface area (TPSA) is 500 Å². The molecule has 5 aromatic carbocycles. The normalized spacial score (nSPS) is 25.6. The van der Waals surface area contributed by atoms with Crippen molar-refractivity contribution in [3.8, 4) is 46.0 Å². The quantitative estimate of drug-likeness (QED) is 0.0590. The molecule has 1 fully saturated rings. The van der Waals surface area contributed by atoms with Gasteiger partial charge in [-0.1, -0.05) is 50.2 Å². The van der Waals surface area contributed by atoms with E-state index in [0.717, 1.165) is 54.6 Å². The number of aromatic hydroxyl groups is 3. The zero-order valence-corrected chi connectivity index (χ0v) is 46.6. The van der Waals surface area contributed by atoms with E-state index in [1.807, 2.05) is 0 Å². The standard InChI is InChI=1S/C58H64N8O22/c1-23(2)15-34(59)51(77)65-43-45(72)25-5-11-32(12-6-25)85-36-18-28-19-37(50(36)88-58-49(76)48(75)47(74)38(22-67)87-58)86-33-13-7-26(8-14-33)46(73)44(56(82)64-42(57(83)84)27-16-30(69)20-31(70)17-27)66-53(79)40(24-3-9-29(68)10-4-24)63-54(80)41(28)62-52(78)35(21-39(60)71)61-55(43)81/h3-14,16-20,23,34-35,38,40-49,58,67-70,72-76H,15,21-22,59H2,1-2H3,(H2,60,71)(H,61,81)(H,62,78)(H,63,80)(H,64,82)(H,65,77)(H,66,79)(H,83,84)/t34-,35-,38+,40+,41+,42-,43?,44?,45?,46?,47+,48-,49+,58-/m0/s1. The first-order valence-electron chi connectivity index (χ1n) is 27.2. The SMILES string of the molecule is CC(C)C[C@H](N)C(=O)NC1C(=O)N[C@@H](CC(N)=O)C(=O)N[C@H]2C(=O)N[C@H](c3ccc(O)cc3)C(=O)NC(C(=O)N[C@H](C(=O)O)c3cc(O)cc(O)c3)C(O)c3ccc(cc3)Oc3cc2cc(c3O[C@@H]2O[C@H](CO)[C@@H](O)[C@H](O)[C@H]2O)Oc2ccc(cc2)C1O. The van der Waals surface area contributed by atoms with Gasteiger partial charge in [-0.3, -0.25) is 33.6 Å². The van der Waals surface area contributed by atoms with Crippen molar-refractivity contribution in [2.75, 3.05) is 6.61 Å². The van der Waals surface area contributed by atoms with Gasteiger partial charge in [-0.05, 0) is 101 Å². The van der Waals surface area contributed by atoms with Gasteiger partial charge in [-0.15, -0.1) is 0 Å². The summed E-state index contributed by atoms with van der Waals surface area (Å²) in [7, 11) is 0. The Morgan fingerprint density at radius 3 is 1.72 bits per heavy atom. The Hall–Kier alpha value is -9.66. The number of amides is 7. The summed E-state index contributed by atoms with van der Waals surface area (Å²) in [6, 6.07) is 5.43. The maximum atomic E-state index is 15.5. The van der Waals surface area contributed by atoms with Crippen LogP contribution in [0.15, 0.2) is 103 Å². The number of phenolic OH excluding ortho intramolecular Hbond substituents is 3. The summed E-state index contributed by atoms with van der Waals surface area (Å²) < 4.78 is 24.7. The largest absolute Gasteiger partial charge is 0.508 e. The van der Waals surface area contributed by atoms with E-state index in [-0.39, 0.29) is 57.4 Å². The van der Waals surface area contributed by atoms with Crippen LogP contribution in [0.5, 0.6) is 46.0 Å². The average molecular weight is 1230 g/mol. The van der Waals surface area contributed by atoms with Crippen molar-refractivity contribution in [2.45, 2.75) is 112 Å². The number of carboxylic acids is 1. The number of nitrogens with two attached hydrogens (primary N) is 2. The number of benzene rings is 5. The van der Waals surface area contributed by atoms with Crippen LogP contribution in [-0.4, -0.2) is 160 Å². The number of hydrogen-bond donors (Lipinski definition) is 18. The molecule has 88 heavy (non-hydrogen) atoms. The number of phenols is 3. The third kappa shape index (κ3) is 14.9. The Morgan fingerprint density at radius 2 is 1.17 bits per heavy atom. The molecule has 5 aliphatic rings. The minimum absolute atomic E-state index is 0.0413. The molecule has 7 amide bonds. The number of ether oxygens (including phenoxy) is 4. The van der Waals surface area contributed by atoms with Crippen LogP contribution in [0, 0.1) is 5.92 Å². The Bertz CT molecular complexity index is 3410. The Balaban J connectivity index is 1.34. The van der Waals surface area contributed by atoms with Crippen molar-refractivity contribution in [2.24, 2.45) is 17.4 Å². The van der Waals surface area contributed by atoms with Crippen LogP contribution in [0.4, 0.5) is 0 Å². The predicted octanol–water partition coefficient (Wildman–Crippen LogP) is -1.68. The molecule has 1 saturated heterocycles. The Labute approximate surface area is 499 Å². The zero-order chi connectivity index (χ0) is 64.0. The summed E-state index contributed by atoms with van der Waals surface area (Å²) in [4.78, 5) is 113. The fraction of sp³-hybridized carbons (Fsp3) is 0.345. The molecule has 20 N–H and O–H groups in total. The predicted molar refractivity (Wildman–Crippen MR) is 299 cm³/mol. The maximum Gasteiger partial charge on any atom is 0.330 e. The summed E-state index contributed by atoms with van der Waals surface area (Å²) in [6.45, 7) is 2.64. The molecular weight excluding hydrogens is 1160 g/mol. The van der Waals surface area contributed by atoms with Gasteiger partial charge in [0, 0.05) is 6.07 Å². The van der Waals surface area contributed by atoms with Crippen LogP contribution in [0.3, 0.4) is 0 Å². The van der Waals surface area contributed by atoms with E-state index in [1.165, 1.54) is 48.5 Å². The Morgan fingerprint density at radius 1 is 0.636 bits per heavy atom. The number of hydrogen-bond acceptors (Lipinski definition) is 22. The highest BCUT2D eigenvalue weighted by molar-refractivity contribution is 5.99. The molecule has 30 nitrogen and oxygen atoms in total. The van der Waals surface area contributed by atoms with Crippen LogP contribution in [-0.2, 0) is 43.1 Å². The summed E-state index contributed by atoms with van der Waals surface area (Å²) in [5, 5.41) is 122. The number of aliphatic hydroxyl groups excluding tert-OH is 6. The first-order valence-corrected chi connectivity index (χ1v) is 27.2. The fourth-order valence-corrected chi connectivity index (χ4v) is 9.82. The lowest BCUT2D eigenvalue weighted by Gasteiger charge is -2.39. The van der Waals surface area contributed by atoms with Crippen LogP contribution in [0.1, 0.15) is 84.8 Å². The number of primary amides is 1. The fourth-order valence-electron chi connectivity index (χ4n) is 9.82. The van der Waals surface area contributed by atoms with Gasteiger partial charge in [-0.2, -0.15) is 0 Å². The van der Waals surface area contributed by atoms with Crippen LogP contribution in [0.25, 0.3) is 0 Å². The lowest BCUT2D eigenvalue weighted by Crippen LogP contribution is -2.60. The highest BCUT2D eigenvalue weighted by Crippen LogP contribution is 2.46. The van der Waals surface area contributed by atoms with Crippen LogP contribution < -0.4 is 57.6 Å². The maximum absolute atomic E-state index is 15.5. The van der Waals surface area contributed by atoms with Crippen molar-refractivity contribution >= 4 is 47.3 Å². The van der Waals surface area contributed by atoms with E-state index in [4.69, 9.17) is 30.4 Å². The van der Waals surface area contributed by atoms with E-state index < -0.39 is 174 Å². The molecule has 5 aliphatic heterocycles. The first kappa shape index (κ1) is 64.3. The minimum Gasteiger partial charge on any atom is -0.508 e. The molecule has 5 aromatic rings. The van der Waals surface area contributed by atoms with Crippen molar-refractivity contribution in [3.63, 3.8) is 0 Å². The van der Waals surface area contributed by atoms with Gasteiger partial charge < -0.3 is 113 Å². The molecule has 10 rings (SSSR count). The third-order valence-electron chi connectivity index (χ3n) is 14.4. The number of carbonyl (C=O) groups is 8. The number of carbonyl (C=O) groups excluding carboxylic acids is 7. The van der Waals surface area contributed by atoms with Crippen LogP contribution >= 0.6 is 0 Å². The van der Waals surface area contributed by atoms with Crippen molar-refractivity contribution < 1.29 is 108 Å². The summed E-state index contributed by atoms with van der Waals surface area (Å²) in [5.41, 5.74) is 10.7. The van der Waals surface area contributed by atoms with E-state index in [9.17, 15) is 79.8 Å². The number of rotatable bonds is 14. The summed E-state index contributed by atoms with van der Waals surface area (Å²) in [6.07, 6.45) is -14.5. The first-order chi connectivity index (χ1) is 41.7. The second-order valence-electron chi connectivity index (χ2n) is 21.4. The molecular formula is C58H64N8O22. The van der Waals surface area contributed by atoms with Crippen LogP contribution in [0.2, 0.25) is 0 Å². The molecule has 0 aliphatic carbocycles. The molecule has 468 valence electrons. The lowest BCUT2D eigenvalue weighted by atomic mass is 9.97. The zero-order valence-electron chi connectivity index (χ0n) is 46.6. The third-order valence-corrected chi connectivity index (χ3v) is 14.4. The second kappa shape index (κ2) is 27.4. The number of aliphatic hydroxyl groups is 6. The van der Waals surface area contributed by atoms with Gasteiger partial charge in [0.05, 0.1) is 19.1 Å². The lowest BCUT2D eigenvalue weighted by molar-refractivity contribution is -0.277. The van der Waals surface area contributed by atoms with E-state index in [0.29, 0.717) is 0 Å². The van der Waals surface area contributed by atoms with E-state index >= 15 is 9.59 Å². The highest BCUT2D eigenvalue weighted by atomic mass is 16.7. The van der Waals surface area contributed by atoms with Gasteiger partial charge >= 0.3 is 5.97 Å². The number of fused-ring (bicyclic) bond motifs is 16. The van der Waals surface area contributed by atoms with E-state index in [2.05, 4.69) is 31.9 Å². The van der Waals surface area contributed by atoms with Gasteiger partial charge in [0.2, 0.25) is 53.4 Å². The van der Waals surface area contributed by atoms with Gasteiger partial charge in [0.25, 0.3) is 0 Å². The van der Waals surface area contributed by atoms with Crippen molar-refractivity contribution in [1.82, 2.24) is 31.9 Å². The molecule has 4 unspecified atom stereocenters. The highest BCUT2D eigenvalue weighted by Gasteiger charge is 2.46. The number of nitrogens with one attached hydrogen (secondary N) is 6. The molecule has 30 heteroatoms. The Kier molecular flexibility index (Phi) is 20.0. The minimum atomic E-state index is -2.21. The molecule has 0 spiro atoms. The monoisotopic (exact) mass is 1220 g/mol. The second-order valence-corrected chi connectivity index (χ2v) is 21.4. The molecule has 5 heterocycles. The van der Waals surface area contributed by atoms with Gasteiger partial charge in [0.1, 0.15) is 95.6 Å². The van der Waals surface area contributed by atoms with E-state index in [1.54, 1.807) is 13.8 Å². The molecule has 0 saturated carbocycles. The molecule has 14 atom stereocenters. The molecule has 7 bridgehead atoms. The average Bonchev–Trinajstić information content (AvgIpc) is 1.30. The summed E-state index contributed by atoms with van der Waals surface area (Å²) >= 11 is 0. The van der Waals surface area contributed by atoms with Crippen molar-refractivity contribution in [3.05, 3.63) is 131 Å².